The van der Waals surface area contributed by atoms with Gasteiger partial charge in [-0.25, -0.2) is 0 Å². The van der Waals surface area contributed by atoms with Crippen LogP contribution in [0, 0.1) is 21.4 Å². The fourth-order valence-corrected chi connectivity index (χ4v) is 3.10. The number of nitrogens with zero attached hydrogens (tertiary/aromatic N) is 3. The first-order chi connectivity index (χ1) is 14.9. The summed E-state index contributed by atoms with van der Waals surface area (Å²) in [6.45, 7) is 0. The Balaban J connectivity index is 1.93. The molecule has 3 rings (SSSR count). The molecule has 3 aromatic rings. The van der Waals surface area contributed by atoms with Crippen molar-refractivity contribution in [3.63, 3.8) is 0 Å². The first-order valence-electron chi connectivity index (χ1n) is 9.15. The number of carbonyl (C=O) groups excluding carboxylic acids is 1. The summed E-state index contributed by atoms with van der Waals surface area (Å²) in [5.74, 6) is -0.663. The van der Waals surface area contributed by atoms with Crippen LogP contribution in [0.1, 0.15) is 5.56 Å². The Morgan fingerprint density at radius 2 is 1.81 bits per heavy atom. The minimum Gasteiger partial charge on any atom is -0.339 e. The third-order valence-electron chi connectivity index (χ3n) is 4.50. The molecule has 0 aliphatic carbocycles. The number of hydrogen-bond acceptors (Lipinski definition) is 5. The van der Waals surface area contributed by atoms with Crippen molar-refractivity contribution in [2.75, 3.05) is 17.3 Å². The highest BCUT2D eigenvalue weighted by atomic mass is 35.5. The van der Waals surface area contributed by atoms with Gasteiger partial charge in [0.05, 0.1) is 15.6 Å². The first kappa shape index (κ1) is 21.6. The zero-order chi connectivity index (χ0) is 22.4. The molecule has 0 saturated carbocycles. The van der Waals surface area contributed by atoms with Crippen molar-refractivity contribution < 1.29 is 9.72 Å². The molecule has 154 valence electrons. The molecule has 31 heavy (non-hydrogen) atoms. The Bertz CT molecular complexity index is 1200. The van der Waals surface area contributed by atoms with E-state index in [-0.39, 0.29) is 11.3 Å². The van der Waals surface area contributed by atoms with E-state index in [2.05, 4.69) is 5.32 Å². The van der Waals surface area contributed by atoms with E-state index < -0.39 is 10.8 Å². The molecule has 0 aromatic heterocycles. The largest absolute Gasteiger partial charge is 0.339 e. The Labute approximate surface area is 184 Å². The van der Waals surface area contributed by atoms with E-state index in [9.17, 15) is 20.2 Å². The van der Waals surface area contributed by atoms with Gasteiger partial charge in [0.2, 0.25) is 0 Å². The van der Waals surface area contributed by atoms with Crippen LogP contribution < -0.4 is 10.2 Å². The van der Waals surface area contributed by atoms with E-state index in [1.165, 1.54) is 12.1 Å². The number of nitriles is 1. The predicted octanol–water partition coefficient (Wildman–Crippen LogP) is 5.56. The number of halogens is 1. The van der Waals surface area contributed by atoms with Crippen LogP contribution in [-0.2, 0) is 4.79 Å². The summed E-state index contributed by atoms with van der Waals surface area (Å²) >= 11 is 6.03. The fourth-order valence-electron chi connectivity index (χ4n) is 2.92. The van der Waals surface area contributed by atoms with Gasteiger partial charge in [-0.05, 0) is 42.0 Å². The Morgan fingerprint density at radius 3 is 2.45 bits per heavy atom. The predicted molar refractivity (Wildman–Crippen MR) is 121 cm³/mol. The standard InChI is InChI=1S/C23H17ClN4O3/c1-27(18-7-3-2-4-8-18)21-12-11-16(14-22(21)28(30)31)13-17(15-25)23(29)26-20-10-6-5-9-19(20)24/h2-14H,1H3,(H,26,29)/b17-13+. The zero-order valence-electron chi connectivity index (χ0n) is 16.4. The number of carbonyl (C=O) groups is 1. The van der Waals surface area contributed by atoms with Crippen molar-refractivity contribution >= 4 is 46.3 Å². The summed E-state index contributed by atoms with van der Waals surface area (Å²) < 4.78 is 0. The third-order valence-corrected chi connectivity index (χ3v) is 4.83. The van der Waals surface area contributed by atoms with Crippen molar-refractivity contribution in [3.8, 4) is 6.07 Å². The number of rotatable bonds is 6. The van der Waals surface area contributed by atoms with Gasteiger partial charge in [0.1, 0.15) is 17.3 Å². The van der Waals surface area contributed by atoms with Crippen LogP contribution in [0.3, 0.4) is 0 Å². The summed E-state index contributed by atoms with van der Waals surface area (Å²) in [7, 11) is 1.73. The second-order valence-corrected chi connectivity index (χ2v) is 6.91. The van der Waals surface area contributed by atoms with Crippen molar-refractivity contribution in [2.45, 2.75) is 0 Å². The molecule has 0 spiro atoms. The number of anilines is 3. The lowest BCUT2D eigenvalue weighted by Crippen LogP contribution is -2.14. The smallest absolute Gasteiger partial charge is 0.293 e. The van der Waals surface area contributed by atoms with Crippen LogP contribution in [0.4, 0.5) is 22.7 Å². The molecule has 0 aliphatic heterocycles. The van der Waals surface area contributed by atoms with Gasteiger partial charge in [-0.3, -0.25) is 14.9 Å². The number of benzene rings is 3. The summed E-state index contributed by atoms with van der Waals surface area (Å²) in [6, 6.07) is 22.2. The lowest BCUT2D eigenvalue weighted by atomic mass is 10.1. The molecule has 7 nitrogen and oxygen atoms in total. The summed E-state index contributed by atoms with van der Waals surface area (Å²) in [5, 5.41) is 24.0. The summed E-state index contributed by atoms with van der Waals surface area (Å²) in [4.78, 5) is 25.4. The molecule has 0 saturated heterocycles. The number of para-hydroxylation sites is 2. The molecular weight excluding hydrogens is 416 g/mol. The zero-order valence-corrected chi connectivity index (χ0v) is 17.2. The van der Waals surface area contributed by atoms with Gasteiger partial charge in [0.15, 0.2) is 0 Å². The molecule has 1 amide bonds. The second-order valence-electron chi connectivity index (χ2n) is 6.50. The molecule has 0 aliphatic rings. The maximum Gasteiger partial charge on any atom is 0.293 e. The van der Waals surface area contributed by atoms with E-state index in [1.807, 2.05) is 36.4 Å². The van der Waals surface area contributed by atoms with Gasteiger partial charge in [0, 0.05) is 18.8 Å². The molecule has 0 fully saturated rings. The van der Waals surface area contributed by atoms with Gasteiger partial charge in [-0.1, -0.05) is 48.0 Å². The molecule has 3 aromatic carbocycles. The fraction of sp³-hybridized carbons (Fsp3) is 0.0435. The molecule has 8 heteroatoms. The quantitative estimate of drug-likeness (QED) is 0.238. The number of amides is 1. The van der Waals surface area contributed by atoms with E-state index in [0.717, 1.165) is 5.69 Å². The number of nitro groups is 1. The maximum absolute atomic E-state index is 12.5. The van der Waals surface area contributed by atoms with E-state index in [1.54, 1.807) is 48.3 Å². The minimum absolute atomic E-state index is 0.149. The van der Waals surface area contributed by atoms with E-state index in [4.69, 9.17) is 11.6 Å². The molecule has 1 N–H and O–H groups in total. The molecular formula is C23H17ClN4O3. The summed E-state index contributed by atoms with van der Waals surface area (Å²) in [6.07, 6.45) is 1.30. The monoisotopic (exact) mass is 432 g/mol. The highest BCUT2D eigenvalue weighted by Crippen LogP contribution is 2.33. The lowest BCUT2D eigenvalue weighted by molar-refractivity contribution is -0.384. The van der Waals surface area contributed by atoms with Crippen LogP contribution in [0.15, 0.2) is 78.4 Å². The van der Waals surface area contributed by atoms with Crippen molar-refractivity contribution in [2.24, 2.45) is 0 Å². The normalized spacial score (nSPS) is 10.8. The topological polar surface area (TPSA) is 99.3 Å². The van der Waals surface area contributed by atoms with Crippen LogP contribution in [0.25, 0.3) is 6.08 Å². The van der Waals surface area contributed by atoms with Gasteiger partial charge in [-0.15, -0.1) is 0 Å². The molecule has 0 bridgehead atoms. The van der Waals surface area contributed by atoms with Crippen molar-refractivity contribution in [3.05, 3.63) is 99.1 Å². The SMILES string of the molecule is CN(c1ccccc1)c1ccc(/C=C(\C#N)C(=O)Nc2ccccc2Cl)cc1[N+](=O)[O-]. The Morgan fingerprint density at radius 1 is 1.13 bits per heavy atom. The van der Waals surface area contributed by atoms with Crippen LogP contribution >= 0.6 is 11.6 Å². The van der Waals surface area contributed by atoms with Crippen LogP contribution in [0.5, 0.6) is 0 Å². The Hall–Kier alpha value is -4.15. The highest BCUT2D eigenvalue weighted by Gasteiger charge is 2.19. The number of nitro benzene ring substituents is 1. The Kier molecular flexibility index (Phi) is 6.65. The second kappa shape index (κ2) is 9.57. The maximum atomic E-state index is 12.5. The van der Waals surface area contributed by atoms with Gasteiger partial charge < -0.3 is 10.2 Å². The number of nitrogens with one attached hydrogen (secondary N) is 1. The van der Waals surface area contributed by atoms with Crippen LogP contribution in [-0.4, -0.2) is 17.9 Å². The third kappa shape index (κ3) is 5.07. The summed E-state index contributed by atoms with van der Waals surface area (Å²) in [5.41, 5.74) is 1.52. The molecule has 0 radical (unpaired) electrons. The van der Waals surface area contributed by atoms with Gasteiger partial charge in [0.25, 0.3) is 11.6 Å². The van der Waals surface area contributed by atoms with Gasteiger partial charge in [-0.2, -0.15) is 5.26 Å². The molecule has 0 atom stereocenters. The highest BCUT2D eigenvalue weighted by molar-refractivity contribution is 6.34. The number of hydrogen-bond donors (Lipinski definition) is 1. The van der Waals surface area contributed by atoms with Crippen molar-refractivity contribution in [1.29, 1.82) is 5.26 Å². The minimum atomic E-state index is -0.663. The van der Waals surface area contributed by atoms with Crippen molar-refractivity contribution in [1.82, 2.24) is 0 Å². The molecule has 0 unspecified atom stereocenters. The van der Waals surface area contributed by atoms with Crippen LogP contribution in [0.2, 0.25) is 5.02 Å². The average Bonchev–Trinajstić information content (AvgIpc) is 2.78. The first-order valence-corrected chi connectivity index (χ1v) is 9.53. The average molecular weight is 433 g/mol. The van der Waals surface area contributed by atoms with E-state index in [0.29, 0.717) is 22.0 Å². The molecule has 0 heterocycles. The lowest BCUT2D eigenvalue weighted by Gasteiger charge is -2.19. The van der Waals surface area contributed by atoms with E-state index >= 15 is 0 Å². The van der Waals surface area contributed by atoms with Gasteiger partial charge >= 0.3 is 0 Å².